The smallest absolute Gasteiger partial charge is 0.327 e. The topological polar surface area (TPSA) is 29.5 Å². The lowest BCUT2D eigenvalue weighted by Gasteiger charge is -2.28. The monoisotopic (exact) mass is 403 g/mol. The first-order chi connectivity index (χ1) is 14.7. The summed E-state index contributed by atoms with van der Waals surface area (Å²) in [4.78, 5) is 14.9. The van der Waals surface area contributed by atoms with Crippen LogP contribution in [0.15, 0.2) is 91.0 Å². The van der Waals surface area contributed by atoms with Gasteiger partial charge >= 0.3 is 5.97 Å². The van der Waals surface area contributed by atoms with Crippen molar-refractivity contribution in [2.75, 3.05) is 6.61 Å². The fourth-order valence-corrected chi connectivity index (χ4v) is 3.28. The first kappa shape index (κ1) is 21.5. The van der Waals surface area contributed by atoms with Gasteiger partial charge in [-0.15, -0.1) is 0 Å². The van der Waals surface area contributed by atoms with Crippen molar-refractivity contribution in [3.8, 4) is 0 Å². The van der Waals surface area contributed by atoms with E-state index < -0.39 is 6.04 Å². The molecule has 0 fully saturated rings. The van der Waals surface area contributed by atoms with E-state index in [9.17, 15) is 9.18 Å². The largest absolute Gasteiger partial charge is 0.465 e. The van der Waals surface area contributed by atoms with E-state index in [1.54, 1.807) is 31.2 Å². The molecule has 0 saturated heterocycles. The average molecular weight is 403 g/mol. The highest BCUT2D eigenvalue weighted by Gasteiger charge is 2.25. The van der Waals surface area contributed by atoms with Crippen LogP contribution in [0.2, 0.25) is 0 Å². The molecule has 3 aromatic rings. The summed E-state index contributed by atoms with van der Waals surface area (Å²) in [5.74, 6) is -0.632. The minimum Gasteiger partial charge on any atom is -0.465 e. The van der Waals surface area contributed by atoms with E-state index in [0.29, 0.717) is 25.3 Å². The lowest BCUT2D eigenvalue weighted by molar-refractivity contribution is -0.148. The van der Waals surface area contributed by atoms with Crippen molar-refractivity contribution in [3.63, 3.8) is 0 Å². The molecule has 0 spiro atoms. The Morgan fingerprint density at radius 1 is 0.933 bits per heavy atom. The van der Waals surface area contributed by atoms with Gasteiger partial charge in [-0.25, -0.2) is 4.39 Å². The highest BCUT2D eigenvalue weighted by Crippen LogP contribution is 2.17. The van der Waals surface area contributed by atoms with Crippen LogP contribution in [-0.4, -0.2) is 23.5 Å². The molecule has 3 rings (SSSR count). The summed E-state index contributed by atoms with van der Waals surface area (Å²) >= 11 is 0. The van der Waals surface area contributed by atoms with Gasteiger partial charge in [0, 0.05) is 13.1 Å². The number of hydrogen-bond donors (Lipinski definition) is 0. The van der Waals surface area contributed by atoms with E-state index in [0.717, 1.165) is 11.1 Å². The third kappa shape index (κ3) is 6.39. The number of nitrogens with zero attached hydrogens (tertiary/aromatic N) is 1. The van der Waals surface area contributed by atoms with Gasteiger partial charge in [0.15, 0.2) is 0 Å². The summed E-state index contributed by atoms with van der Waals surface area (Å²) in [6.45, 7) is 3.25. The number of carbonyl (C=O) groups is 1. The van der Waals surface area contributed by atoms with Crippen LogP contribution in [0, 0.1) is 5.82 Å². The lowest BCUT2D eigenvalue weighted by Crippen LogP contribution is -2.40. The van der Waals surface area contributed by atoms with Crippen LogP contribution in [0.3, 0.4) is 0 Å². The summed E-state index contributed by atoms with van der Waals surface area (Å²) in [6, 6.07) is 25.7. The molecule has 0 saturated carbocycles. The number of ether oxygens (including phenoxy) is 1. The summed E-state index contributed by atoms with van der Waals surface area (Å²) < 4.78 is 18.9. The molecular formula is C26H26FNO2. The van der Waals surface area contributed by atoms with E-state index in [1.165, 1.54) is 12.1 Å². The zero-order chi connectivity index (χ0) is 21.2. The Bertz CT molecular complexity index is 916. The number of esters is 1. The third-order valence-electron chi connectivity index (χ3n) is 4.70. The molecule has 0 radical (unpaired) electrons. The molecule has 3 nitrogen and oxygen atoms in total. The summed E-state index contributed by atoms with van der Waals surface area (Å²) in [5, 5.41) is 0. The third-order valence-corrected chi connectivity index (χ3v) is 4.70. The van der Waals surface area contributed by atoms with Crippen molar-refractivity contribution in [3.05, 3.63) is 114 Å². The molecule has 30 heavy (non-hydrogen) atoms. The second-order valence-corrected chi connectivity index (χ2v) is 6.99. The van der Waals surface area contributed by atoms with Crippen LogP contribution in [0.5, 0.6) is 0 Å². The number of rotatable bonds is 9. The highest BCUT2D eigenvalue weighted by molar-refractivity contribution is 5.79. The second-order valence-electron chi connectivity index (χ2n) is 6.99. The van der Waals surface area contributed by atoms with Crippen LogP contribution in [0.25, 0.3) is 6.08 Å². The zero-order valence-corrected chi connectivity index (χ0v) is 17.1. The van der Waals surface area contributed by atoms with Crippen molar-refractivity contribution >= 4 is 12.0 Å². The second kappa shape index (κ2) is 11.1. The summed E-state index contributed by atoms with van der Waals surface area (Å²) in [6.07, 6.45) is 3.56. The quantitative estimate of drug-likeness (QED) is 0.444. The van der Waals surface area contributed by atoms with Crippen LogP contribution < -0.4 is 0 Å². The van der Waals surface area contributed by atoms with Crippen LogP contribution in [0.1, 0.15) is 23.6 Å². The minimum atomic E-state index is -0.603. The van der Waals surface area contributed by atoms with Crippen LogP contribution >= 0.6 is 0 Å². The predicted octanol–water partition coefficient (Wildman–Crippen LogP) is 5.47. The summed E-state index contributed by atoms with van der Waals surface area (Å²) in [5.41, 5.74) is 2.90. The Labute approximate surface area is 177 Å². The van der Waals surface area contributed by atoms with Gasteiger partial charge in [0.1, 0.15) is 11.9 Å². The van der Waals surface area contributed by atoms with Crippen LogP contribution in [-0.2, 0) is 22.6 Å². The number of benzene rings is 3. The predicted molar refractivity (Wildman–Crippen MR) is 118 cm³/mol. The molecule has 0 bridgehead atoms. The van der Waals surface area contributed by atoms with Crippen molar-refractivity contribution in [1.82, 2.24) is 4.90 Å². The van der Waals surface area contributed by atoms with E-state index >= 15 is 0 Å². The Hall–Kier alpha value is -3.24. The maximum absolute atomic E-state index is 13.6. The number of hydrogen-bond acceptors (Lipinski definition) is 3. The molecule has 0 heterocycles. The highest BCUT2D eigenvalue weighted by atomic mass is 19.1. The molecule has 0 aromatic heterocycles. The van der Waals surface area contributed by atoms with Crippen molar-refractivity contribution < 1.29 is 13.9 Å². The van der Waals surface area contributed by atoms with Gasteiger partial charge in [-0.2, -0.15) is 0 Å². The first-order valence-electron chi connectivity index (χ1n) is 10.1. The van der Waals surface area contributed by atoms with Gasteiger partial charge in [-0.3, -0.25) is 9.69 Å². The van der Waals surface area contributed by atoms with Crippen molar-refractivity contribution in [2.24, 2.45) is 0 Å². The Morgan fingerprint density at radius 2 is 1.53 bits per heavy atom. The fourth-order valence-electron chi connectivity index (χ4n) is 3.28. The van der Waals surface area contributed by atoms with Gasteiger partial charge in [0.05, 0.1) is 6.61 Å². The molecule has 3 aromatic carbocycles. The maximum atomic E-state index is 13.6. The molecule has 0 amide bonds. The standard InChI is InChI=1S/C26H26FNO2/c1-2-30-26(29)25(17-16-21-14-9-15-24(27)18-21)28(19-22-10-5-3-6-11-22)20-23-12-7-4-8-13-23/h3-18,25H,2,19-20H2,1H3/b17-16+. The van der Waals surface area contributed by atoms with Crippen molar-refractivity contribution in [2.45, 2.75) is 26.1 Å². The molecule has 4 heteroatoms. The summed E-state index contributed by atoms with van der Waals surface area (Å²) in [7, 11) is 0. The van der Waals surface area contributed by atoms with E-state index in [4.69, 9.17) is 4.74 Å². The van der Waals surface area contributed by atoms with Gasteiger partial charge in [0.2, 0.25) is 0 Å². The zero-order valence-electron chi connectivity index (χ0n) is 17.1. The Balaban J connectivity index is 1.92. The van der Waals surface area contributed by atoms with E-state index in [-0.39, 0.29) is 11.8 Å². The maximum Gasteiger partial charge on any atom is 0.327 e. The normalized spacial score (nSPS) is 12.2. The molecule has 1 unspecified atom stereocenters. The molecule has 1 atom stereocenters. The molecule has 0 aliphatic heterocycles. The number of carbonyl (C=O) groups excluding carboxylic acids is 1. The van der Waals surface area contributed by atoms with Gasteiger partial charge in [-0.05, 0) is 35.7 Å². The first-order valence-corrected chi connectivity index (χ1v) is 10.1. The van der Waals surface area contributed by atoms with Gasteiger partial charge in [-0.1, -0.05) is 84.9 Å². The molecule has 0 aliphatic carbocycles. The minimum absolute atomic E-state index is 0.299. The van der Waals surface area contributed by atoms with E-state index in [1.807, 2.05) is 60.7 Å². The Morgan fingerprint density at radius 3 is 2.07 bits per heavy atom. The van der Waals surface area contributed by atoms with Crippen molar-refractivity contribution in [1.29, 1.82) is 0 Å². The molecule has 0 aliphatic rings. The fraction of sp³-hybridized carbons (Fsp3) is 0.192. The Kier molecular flexibility index (Phi) is 7.93. The molecular weight excluding hydrogens is 377 g/mol. The molecule has 154 valence electrons. The molecule has 0 N–H and O–H groups in total. The lowest BCUT2D eigenvalue weighted by atomic mass is 10.1. The van der Waals surface area contributed by atoms with E-state index in [2.05, 4.69) is 4.90 Å². The van der Waals surface area contributed by atoms with Crippen LogP contribution in [0.4, 0.5) is 4.39 Å². The SMILES string of the molecule is CCOC(=O)C(/C=C/c1cccc(F)c1)N(Cc1ccccc1)Cc1ccccc1. The van der Waals surface area contributed by atoms with Gasteiger partial charge in [0.25, 0.3) is 0 Å². The van der Waals surface area contributed by atoms with Gasteiger partial charge < -0.3 is 4.74 Å². The average Bonchev–Trinajstić information content (AvgIpc) is 2.75. The number of halogens is 1.